The molecule has 0 saturated carbocycles. The van der Waals surface area contributed by atoms with Crippen molar-refractivity contribution in [3.8, 4) is 0 Å². The summed E-state index contributed by atoms with van der Waals surface area (Å²) >= 11 is 0. The van der Waals surface area contributed by atoms with Crippen molar-refractivity contribution in [1.82, 2.24) is 9.88 Å². The highest BCUT2D eigenvalue weighted by Crippen LogP contribution is 2.28. The minimum absolute atomic E-state index is 0.0642. The Labute approximate surface area is 161 Å². The van der Waals surface area contributed by atoms with Crippen LogP contribution in [-0.2, 0) is 17.5 Å². The second kappa shape index (κ2) is 8.18. The van der Waals surface area contributed by atoms with E-state index in [0.717, 1.165) is 30.4 Å². The number of pyridine rings is 1. The minimum atomic E-state index is -4.53. The van der Waals surface area contributed by atoms with Crippen LogP contribution in [0.3, 0.4) is 0 Å². The quantitative estimate of drug-likeness (QED) is 0.798. The van der Waals surface area contributed by atoms with Gasteiger partial charge in [0.2, 0.25) is 0 Å². The van der Waals surface area contributed by atoms with Crippen LogP contribution < -0.4 is 4.90 Å². The average molecular weight is 393 g/mol. The van der Waals surface area contributed by atoms with E-state index < -0.39 is 11.9 Å². The predicted molar refractivity (Wildman–Crippen MR) is 99.2 cm³/mol. The number of nitrogens with zero attached hydrogens (tertiary/aromatic N) is 3. The van der Waals surface area contributed by atoms with Crippen molar-refractivity contribution in [2.45, 2.75) is 19.6 Å². The van der Waals surface area contributed by atoms with Gasteiger partial charge in [0.1, 0.15) is 5.69 Å². The molecule has 28 heavy (non-hydrogen) atoms. The number of carbonyl (C=O) groups excluding carboxylic acids is 1. The van der Waals surface area contributed by atoms with Crippen molar-refractivity contribution in [3.63, 3.8) is 0 Å². The van der Waals surface area contributed by atoms with Crippen LogP contribution in [0.25, 0.3) is 0 Å². The molecule has 2 aromatic rings. The van der Waals surface area contributed by atoms with Crippen molar-refractivity contribution < 1.29 is 22.7 Å². The van der Waals surface area contributed by atoms with Gasteiger partial charge in [-0.1, -0.05) is 12.1 Å². The molecular weight excluding hydrogens is 371 g/mol. The number of benzene rings is 1. The summed E-state index contributed by atoms with van der Waals surface area (Å²) in [6.45, 7) is 4.87. The number of morpholine rings is 1. The molecule has 0 bridgehead atoms. The lowest BCUT2D eigenvalue weighted by Gasteiger charge is -2.29. The number of rotatable bonds is 4. The molecule has 0 unspecified atom stereocenters. The van der Waals surface area contributed by atoms with Gasteiger partial charge in [0.25, 0.3) is 5.91 Å². The molecule has 3 rings (SSSR count). The van der Waals surface area contributed by atoms with E-state index in [1.165, 1.54) is 17.9 Å². The number of alkyl halides is 3. The Hall–Kier alpha value is -2.61. The SMILES string of the molecule is Cc1nc(C(F)(F)F)ccc1C(=O)N(C)Cc1ccc(N2CCOCC2)cc1. The van der Waals surface area contributed by atoms with Crippen molar-refractivity contribution in [1.29, 1.82) is 0 Å². The molecule has 1 fully saturated rings. The van der Waals surface area contributed by atoms with Crippen LogP contribution in [0.1, 0.15) is 27.3 Å². The maximum Gasteiger partial charge on any atom is 0.433 e. The molecule has 150 valence electrons. The van der Waals surface area contributed by atoms with E-state index in [1.54, 1.807) is 7.05 Å². The van der Waals surface area contributed by atoms with Gasteiger partial charge in [-0.3, -0.25) is 4.79 Å². The van der Waals surface area contributed by atoms with Gasteiger partial charge in [-0.15, -0.1) is 0 Å². The van der Waals surface area contributed by atoms with E-state index in [-0.39, 0.29) is 17.2 Å². The minimum Gasteiger partial charge on any atom is -0.378 e. The third kappa shape index (κ3) is 4.62. The van der Waals surface area contributed by atoms with Crippen molar-refractivity contribution in [2.75, 3.05) is 38.3 Å². The van der Waals surface area contributed by atoms with Crippen LogP contribution in [0, 0.1) is 6.92 Å². The Balaban J connectivity index is 1.67. The largest absolute Gasteiger partial charge is 0.433 e. The third-order valence-electron chi connectivity index (χ3n) is 4.69. The molecule has 5 nitrogen and oxygen atoms in total. The first-order valence-corrected chi connectivity index (χ1v) is 8.97. The number of carbonyl (C=O) groups is 1. The maximum absolute atomic E-state index is 12.7. The van der Waals surface area contributed by atoms with Gasteiger partial charge in [-0.05, 0) is 36.8 Å². The molecule has 0 aliphatic carbocycles. The molecule has 1 aliphatic rings. The number of hydrogen-bond acceptors (Lipinski definition) is 4. The molecule has 0 radical (unpaired) electrons. The van der Waals surface area contributed by atoms with Gasteiger partial charge < -0.3 is 14.5 Å². The first kappa shape index (κ1) is 20.1. The molecule has 1 aliphatic heterocycles. The lowest BCUT2D eigenvalue weighted by atomic mass is 10.1. The zero-order chi connectivity index (χ0) is 20.3. The summed E-state index contributed by atoms with van der Waals surface area (Å²) in [5.41, 5.74) is 1.27. The lowest BCUT2D eigenvalue weighted by molar-refractivity contribution is -0.141. The summed E-state index contributed by atoms with van der Waals surface area (Å²) in [5, 5.41) is 0. The van der Waals surface area contributed by atoms with Crippen LogP contribution in [0.2, 0.25) is 0 Å². The van der Waals surface area contributed by atoms with Gasteiger partial charge in [-0.2, -0.15) is 13.2 Å². The lowest BCUT2D eigenvalue weighted by Crippen LogP contribution is -2.36. The highest BCUT2D eigenvalue weighted by atomic mass is 19.4. The standard InChI is InChI=1S/C20H22F3N3O2/c1-14-17(7-8-18(24-14)20(21,22)23)19(27)25(2)13-15-3-5-16(6-4-15)26-9-11-28-12-10-26/h3-8H,9-13H2,1-2H3. The smallest absolute Gasteiger partial charge is 0.378 e. The zero-order valence-electron chi connectivity index (χ0n) is 15.8. The number of aromatic nitrogens is 1. The third-order valence-corrected chi connectivity index (χ3v) is 4.69. The van der Waals surface area contributed by atoms with Gasteiger partial charge in [0, 0.05) is 32.4 Å². The number of hydrogen-bond donors (Lipinski definition) is 0. The molecule has 0 N–H and O–H groups in total. The molecule has 1 amide bonds. The number of anilines is 1. The summed E-state index contributed by atoms with van der Waals surface area (Å²) < 4.78 is 43.6. The van der Waals surface area contributed by atoms with E-state index in [4.69, 9.17) is 4.74 Å². The normalized spacial score (nSPS) is 14.8. The van der Waals surface area contributed by atoms with Crippen LogP contribution in [0.5, 0.6) is 0 Å². The maximum atomic E-state index is 12.7. The van der Waals surface area contributed by atoms with E-state index in [1.807, 2.05) is 24.3 Å². The highest BCUT2D eigenvalue weighted by Gasteiger charge is 2.33. The van der Waals surface area contributed by atoms with Crippen LogP contribution >= 0.6 is 0 Å². The topological polar surface area (TPSA) is 45.7 Å². The van der Waals surface area contributed by atoms with Crippen molar-refractivity contribution in [3.05, 3.63) is 58.9 Å². The van der Waals surface area contributed by atoms with Gasteiger partial charge in [0.05, 0.1) is 24.5 Å². The second-order valence-corrected chi connectivity index (χ2v) is 6.75. The Bertz CT molecular complexity index is 832. The Morgan fingerprint density at radius 1 is 1.14 bits per heavy atom. The van der Waals surface area contributed by atoms with Crippen molar-refractivity contribution >= 4 is 11.6 Å². The fraction of sp³-hybridized carbons (Fsp3) is 0.400. The van der Waals surface area contributed by atoms with Crippen LogP contribution in [0.15, 0.2) is 36.4 Å². The number of ether oxygens (including phenoxy) is 1. The van der Waals surface area contributed by atoms with Gasteiger partial charge in [-0.25, -0.2) is 4.98 Å². The molecule has 0 spiro atoms. The predicted octanol–water partition coefficient (Wildman–Crippen LogP) is 3.52. The van der Waals surface area contributed by atoms with Crippen LogP contribution in [-0.4, -0.2) is 49.1 Å². The molecule has 1 saturated heterocycles. The number of amides is 1. The molecule has 1 aromatic carbocycles. The van der Waals surface area contributed by atoms with Gasteiger partial charge >= 0.3 is 6.18 Å². The Morgan fingerprint density at radius 3 is 2.36 bits per heavy atom. The number of halogens is 3. The zero-order valence-corrected chi connectivity index (χ0v) is 15.8. The molecule has 1 aromatic heterocycles. The van der Waals surface area contributed by atoms with E-state index in [0.29, 0.717) is 19.8 Å². The summed E-state index contributed by atoms with van der Waals surface area (Å²) in [6, 6.07) is 9.93. The molecule has 2 heterocycles. The Kier molecular flexibility index (Phi) is 5.88. The second-order valence-electron chi connectivity index (χ2n) is 6.75. The van der Waals surface area contributed by atoms with Crippen LogP contribution in [0.4, 0.5) is 18.9 Å². The summed E-state index contributed by atoms with van der Waals surface area (Å²) in [4.78, 5) is 19.9. The molecule has 0 atom stereocenters. The summed E-state index contributed by atoms with van der Waals surface area (Å²) in [6.07, 6.45) is -4.53. The Morgan fingerprint density at radius 2 is 1.79 bits per heavy atom. The fourth-order valence-corrected chi connectivity index (χ4v) is 3.13. The van der Waals surface area contributed by atoms with E-state index in [9.17, 15) is 18.0 Å². The van der Waals surface area contributed by atoms with Crippen molar-refractivity contribution in [2.24, 2.45) is 0 Å². The monoisotopic (exact) mass is 393 g/mol. The summed E-state index contributed by atoms with van der Waals surface area (Å²) in [7, 11) is 1.62. The summed E-state index contributed by atoms with van der Waals surface area (Å²) in [5.74, 6) is -0.365. The highest BCUT2D eigenvalue weighted by molar-refractivity contribution is 5.95. The fourth-order valence-electron chi connectivity index (χ4n) is 3.13. The number of aryl methyl sites for hydroxylation is 1. The van der Waals surface area contributed by atoms with E-state index in [2.05, 4.69) is 9.88 Å². The van der Waals surface area contributed by atoms with Gasteiger partial charge in [0.15, 0.2) is 0 Å². The molecular formula is C20H22F3N3O2. The first-order valence-electron chi connectivity index (χ1n) is 8.97. The van der Waals surface area contributed by atoms with E-state index >= 15 is 0 Å². The average Bonchev–Trinajstić information content (AvgIpc) is 2.68. The molecule has 8 heteroatoms. The first-order chi connectivity index (χ1) is 13.3.